The molecule has 0 bridgehead atoms. The van der Waals surface area contributed by atoms with E-state index in [2.05, 4.69) is 4.98 Å². The summed E-state index contributed by atoms with van der Waals surface area (Å²) >= 11 is 0. The van der Waals surface area contributed by atoms with E-state index in [1.54, 1.807) is 24.3 Å². The largest absolute Gasteiger partial charge is 0.491 e. The van der Waals surface area contributed by atoms with Gasteiger partial charge in [0.1, 0.15) is 12.4 Å². The van der Waals surface area contributed by atoms with Gasteiger partial charge in [0.15, 0.2) is 0 Å². The summed E-state index contributed by atoms with van der Waals surface area (Å²) in [7, 11) is 1.79. The average Bonchev–Trinajstić information content (AvgIpc) is 2.48. The summed E-state index contributed by atoms with van der Waals surface area (Å²) in [6.07, 6.45) is 3.50. The molecular weight excluding hydrogens is 216 g/mol. The van der Waals surface area contributed by atoms with Crippen molar-refractivity contribution in [2.24, 2.45) is 0 Å². The van der Waals surface area contributed by atoms with Crippen LogP contribution in [0.2, 0.25) is 0 Å². The zero-order valence-corrected chi connectivity index (χ0v) is 9.51. The Morgan fingerprint density at radius 1 is 1.35 bits per heavy atom. The Morgan fingerprint density at radius 3 is 3.12 bits per heavy atom. The predicted octanol–water partition coefficient (Wildman–Crippen LogP) is 1.70. The fraction of sp³-hybridized carbons (Fsp3) is 0.231. The van der Waals surface area contributed by atoms with E-state index in [1.807, 2.05) is 18.2 Å². The minimum absolute atomic E-state index is 0.0104. The van der Waals surface area contributed by atoms with Crippen LogP contribution >= 0.6 is 0 Å². The van der Waals surface area contributed by atoms with E-state index < -0.39 is 0 Å². The molecule has 1 amide bonds. The fourth-order valence-corrected chi connectivity index (χ4v) is 2.00. The molecule has 4 heteroatoms. The molecule has 2 heterocycles. The van der Waals surface area contributed by atoms with Crippen LogP contribution in [0.3, 0.4) is 0 Å². The number of benzene rings is 1. The minimum atomic E-state index is 0.0104. The second-order valence-corrected chi connectivity index (χ2v) is 4.15. The van der Waals surface area contributed by atoms with Crippen molar-refractivity contribution in [1.82, 2.24) is 9.88 Å². The Bertz CT molecular complexity index is 595. The molecule has 0 saturated carbocycles. The molecule has 3 rings (SSSR count). The molecule has 0 unspecified atom stereocenters. The van der Waals surface area contributed by atoms with Gasteiger partial charge in [0.05, 0.1) is 12.1 Å². The number of hydrogen-bond acceptors (Lipinski definition) is 3. The van der Waals surface area contributed by atoms with Gasteiger partial charge in [0.2, 0.25) is 0 Å². The summed E-state index contributed by atoms with van der Waals surface area (Å²) in [5.41, 5.74) is 0.628. The zero-order chi connectivity index (χ0) is 11.8. The first-order chi connectivity index (χ1) is 8.25. The number of likely N-dealkylation sites (N-methyl/N-ethyl adjacent to an activating group) is 1. The number of hydrogen-bond donors (Lipinski definition) is 0. The monoisotopic (exact) mass is 228 g/mol. The molecule has 0 saturated heterocycles. The molecule has 0 aliphatic carbocycles. The topological polar surface area (TPSA) is 42.4 Å². The molecule has 0 atom stereocenters. The van der Waals surface area contributed by atoms with Crippen molar-refractivity contribution in [3.8, 4) is 5.75 Å². The summed E-state index contributed by atoms with van der Waals surface area (Å²) in [5.74, 6) is 0.663. The Balaban J connectivity index is 2.24. The lowest BCUT2D eigenvalue weighted by molar-refractivity contribution is 0.0797. The van der Waals surface area contributed by atoms with Crippen molar-refractivity contribution in [1.29, 1.82) is 0 Å². The maximum Gasteiger partial charge on any atom is 0.257 e. The lowest BCUT2D eigenvalue weighted by Crippen LogP contribution is -2.27. The summed E-state index contributed by atoms with van der Waals surface area (Å²) in [4.78, 5) is 17.9. The van der Waals surface area contributed by atoms with Crippen molar-refractivity contribution in [3.05, 3.63) is 36.2 Å². The Hall–Kier alpha value is -2.10. The van der Waals surface area contributed by atoms with Crippen LogP contribution in [0, 0.1) is 0 Å². The van der Waals surface area contributed by atoms with Crippen LogP contribution in [0.25, 0.3) is 10.8 Å². The molecule has 1 aromatic heterocycles. The zero-order valence-electron chi connectivity index (χ0n) is 9.51. The van der Waals surface area contributed by atoms with Crippen LogP contribution in [0.15, 0.2) is 30.6 Å². The third-order valence-corrected chi connectivity index (χ3v) is 3.00. The van der Waals surface area contributed by atoms with Gasteiger partial charge in [-0.1, -0.05) is 0 Å². The molecule has 0 N–H and O–H groups in total. The molecule has 0 spiro atoms. The summed E-state index contributed by atoms with van der Waals surface area (Å²) in [6, 6.07) is 5.65. The highest BCUT2D eigenvalue weighted by Gasteiger charge is 2.21. The van der Waals surface area contributed by atoms with Crippen LogP contribution in [-0.2, 0) is 0 Å². The highest BCUT2D eigenvalue weighted by Crippen LogP contribution is 2.28. The number of nitrogens with zero attached hydrogens (tertiary/aromatic N) is 2. The third kappa shape index (κ3) is 1.62. The smallest absolute Gasteiger partial charge is 0.257 e. The van der Waals surface area contributed by atoms with E-state index in [1.165, 1.54) is 0 Å². The van der Waals surface area contributed by atoms with Gasteiger partial charge in [-0.05, 0) is 23.6 Å². The van der Waals surface area contributed by atoms with Gasteiger partial charge < -0.3 is 9.64 Å². The summed E-state index contributed by atoms with van der Waals surface area (Å²) in [6.45, 7) is 1.14. The molecule has 86 valence electrons. The maximum absolute atomic E-state index is 12.1. The van der Waals surface area contributed by atoms with Crippen molar-refractivity contribution in [2.45, 2.75) is 0 Å². The number of carbonyl (C=O) groups excluding carboxylic acids is 1. The maximum atomic E-state index is 12.1. The number of aromatic nitrogens is 1. The van der Waals surface area contributed by atoms with E-state index in [-0.39, 0.29) is 5.91 Å². The molecule has 17 heavy (non-hydrogen) atoms. The predicted molar refractivity (Wildman–Crippen MR) is 64.2 cm³/mol. The molecule has 0 radical (unpaired) electrons. The Kier molecular flexibility index (Phi) is 2.21. The van der Waals surface area contributed by atoms with Gasteiger partial charge in [-0.15, -0.1) is 0 Å². The van der Waals surface area contributed by atoms with Gasteiger partial charge in [-0.3, -0.25) is 9.78 Å². The van der Waals surface area contributed by atoms with E-state index in [0.29, 0.717) is 24.5 Å². The summed E-state index contributed by atoms with van der Waals surface area (Å²) in [5, 5.41) is 2.00. The van der Waals surface area contributed by atoms with E-state index in [9.17, 15) is 4.79 Å². The van der Waals surface area contributed by atoms with Crippen LogP contribution in [0.1, 0.15) is 10.4 Å². The second kappa shape index (κ2) is 3.73. The van der Waals surface area contributed by atoms with E-state index in [0.717, 1.165) is 10.8 Å². The first-order valence-electron chi connectivity index (χ1n) is 5.52. The van der Waals surface area contributed by atoms with Gasteiger partial charge in [0, 0.05) is 24.8 Å². The van der Waals surface area contributed by atoms with Crippen LogP contribution in [-0.4, -0.2) is 36.0 Å². The first kappa shape index (κ1) is 10.1. The highest BCUT2D eigenvalue weighted by atomic mass is 16.5. The summed E-state index contributed by atoms with van der Waals surface area (Å²) < 4.78 is 5.61. The van der Waals surface area contributed by atoms with Crippen LogP contribution in [0.5, 0.6) is 5.75 Å². The number of carbonyl (C=O) groups is 1. The van der Waals surface area contributed by atoms with Crippen molar-refractivity contribution in [3.63, 3.8) is 0 Å². The Morgan fingerprint density at radius 2 is 2.24 bits per heavy atom. The number of ether oxygens (including phenoxy) is 1. The van der Waals surface area contributed by atoms with Crippen molar-refractivity contribution >= 4 is 16.7 Å². The molecule has 1 aliphatic heterocycles. The highest BCUT2D eigenvalue weighted by molar-refractivity contribution is 6.01. The quantitative estimate of drug-likeness (QED) is 0.689. The Labute approximate surface area is 98.8 Å². The number of amides is 1. The molecule has 1 aromatic carbocycles. The molecule has 0 fully saturated rings. The lowest BCUT2D eigenvalue weighted by atomic mass is 10.1. The molecule has 4 nitrogen and oxygen atoms in total. The van der Waals surface area contributed by atoms with Gasteiger partial charge in [-0.2, -0.15) is 0 Å². The van der Waals surface area contributed by atoms with Gasteiger partial charge in [0.25, 0.3) is 5.91 Å². The molecular formula is C13H12N2O2. The molecule has 2 aromatic rings. The molecule has 1 aliphatic rings. The fourth-order valence-electron chi connectivity index (χ4n) is 2.00. The third-order valence-electron chi connectivity index (χ3n) is 3.00. The SMILES string of the molecule is CN1CCOc2cc3cnccc3cc2C1=O. The van der Waals surface area contributed by atoms with E-state index in [4.69, 9.17) is 4.74 Å². The van der Waals surface area contributed by atoms with Crippen molar-refractivity contribution < 1.29 is 9.53 Å². The van der Waals surface area contributed by atoms with Crippen LogP contribution in [0.4, 0.5) is 0 Å². The normalized spacial score (nSPS) is 15.4. The van der Waals surface area contributed by atoms with E-state index >= 15 is 0 Å². The lowest BCUT2D eigenvalue weighted by Gasteiger charge is -2.12. The standard InChI is InChI=1S/C13H12N2O2/c1-15-4-5-17-12-7-10-8-14-3-2-9(10)6-11(12)13(15)16/h2-3,6-8H,4-5H2,1H3. The minimum Gasteiger partial charge on any atom is -0.491 e. The number of rotatable bonds is 0. The van der Waals surface area contributed by atoms with Crippen LogP contribution < -0.4 is 4.74 Å². The van der Waals surface area contributed by atoms with Gasteiger partial charge in [-0.25, -0.2) is 0 Å². The first-order valence-corrected chi connectivity index (χ1v) is 5.52. The second-order valence-electron chi connectivity index (χ2n) is 4.15. The average molecular weight is 228 g/mol. The van der Waals surface area contributed by atoms with Gasteiger partial charge >= 0.3 is 0 Å². The number of pyridine rings is 1. The number of fused-ring (bicyclic) bond motifs is 2. The van der Waals surface area contributed by atoms with Crippen molar-refractivity contribution in [2.75, 3.05) is 20.2 Å².